The molecule has 0 fully saturated rings. The largest absolute Gasteiger partial charge is 0.366 e. The van der Waals surface area contributed by atoms with Gasteiger partial charge in [0, 0.05) is 11.6 Å². The number of primary amides is 1. The van der Waals surface area contributed by atoms with E-state index in [1.807, 2.05) is 24.3 Å². The van der Waals surface area contributed by atoms with Gasteiger partial charge < -0.3 is 5.73 Å². The molecule has 0 spiro atoms. The van der Waals surface area contributed by atoms with Crippen molar-refractivity contribution in [3.05, 3.63) is 66.4 Å². The van der Waals surface area contributed by atoms with E-state index in [1.54, 1.807) is 12.3 Å². The normalized spacial score (nSPS) is 11.2. The van der Waals surface area contributed by atoms with E-state index in [2.05, 4.69) is 29.2 Å². The second-order valence-electron chi connectivity index (χ2n) is 5.10. The molecule has 1 amide bonds. The molecule has 0 unspecified atom stereocenters. The van der Waals surface area contributed by atoms with Crippen molar-refractivity contribution in [2.24, 2.45) is 5.73 Å². The van der Waals surface area contributed by atoms with Gasteiger partial charge in [-0.05, 0) is 45.8 Å². The highest BCUT2D eigenvalue weighted by atomic mass is 16.1. The molecule has 0 aliphatic carbocycles. The third-order valence-electron chi connectivity index (χ3n) is 3.85. The van der Waals surface area contributed by atoms with Crippen molar-refractivity contribution in [2.75, 3.05) is 0 Å². The molecule has 0 saturated heterocycles. The summed E-state index contributed by atoms with van der Waals surface area (Å²) in [6.45, 7) is 0. The smallest absolute Gasteiger partial charge is 0.249 e. The monoisotopic (exact) mass is 272 g/mol. The Morgan fingerprint density at radius 3 is 2.43 bits per heavy atom. The maximum absolute atomic E-state index is 11.7. The van der Waals surface area contributed by atoms with Crippen LogP contribution in [-0.4, -0.2) is 10.9 Å². The lowest BCUT2D eigenvalue weighted by Gasteiger charge is -2.08. The SMILES string of the molecule is NC(=O)c1ccnc2ccc3cc4ccccc4cc3c12. The van der Waals surface area contributed by atoms with Crippen molar-refractivity contribution < 1.29 is 4.79 Å². The Kier molecular flexibility index (Phi) is 2.42. The fourth-order valence-corrected chi connectivity index (χ4v) is 2.87. The molecular formula is C18H12N2O. The zero-order chi connectivity index (χ0) is 14.4. The van der Waals surface area contributed by atoms with Crippen LogP contribution in [0.5, 0.6) is 0 Å². The van der Waals surface area contributed by atoms with Gasteiger partial charge in [-0.15, -0.1) is 0 Å². The van der Waals surface area contributed by atoms with Crippen LogP contribution >= 0.6 is 0 Å². The predicted octanol–water partition coefficient (Wildman–Crippen LogP) is 3.64. The molecule has 3 heteroatoms. The second kappa shape index (κ2) is 4.28. The Bertz CT molecular complexity index is 1020. The lowest BCUT2D eigenvalue weighted by atomic mass is 9.97. The third kappa shape index (κ3) is 1.75. The fraction of sp³-hybridized carbons (Fsp3) is 0. The van der Waals surface area contributed by atoms with Crippen LogP contribution < -0.4 is 5.73 Å². The zero-order valence-corrected chi connectivity index (χ0v) is 11.2. The van der Waals surface area contributed by atoms with Crippen LogP contribution in [0, 0.1) is 0 Å². The van der Waals surface area contributed by atoms with Gasteiger partial charge in [0.15, 0.2) is 0 Å². The van der Waals surface area contributed by atoms with Gasteiger partial charge in [-0.2, -0.15) is 0 Å². The predicted molar refractivity (Wildman–Crippen MR) is 85.3 cm³/mol. The molecule has 0 saturated carbocycles. The number of hydrogen-bond donors (Lipinski definition) is 1. The van der Waals surface area contributed by atoms with E-state index in [-0.39, 0.29) is 0 Å². The van der Waals surface area contributed by atoms with Crippen LogP contribution in [0.15, 0.2) is 60.8 Å². The standard InChI is InChI=1S/C18H12N2O/c19-18(21)14-7-8-20-16-6-5-13-9-11-3-1-2-4-12(11)10-15(13)17(14)16/h1-10H,(H2,19,21). The van der Waals surface area contributed by atoms with E-state index < -0.39 is 5.91 Å². The minimum absolute atomic E-state index is 0.428. The van der Waals surface area contributed by atoms with E-state index in [0.29, 0.717) is 5.56 Å². The Balaban J connectivity index is 2.26. The van der Waals surface area contributed by atoms with Crippen molar-refractivity contribution in [3.8, 4) is 0 Å². The summed E-state index contributed by atoms with van der Waals surface area (Å²) in [6.07, 6.45) is 1.62. The molecule has 3 nitrogen and oxygen atoms in total. The minimum Gasteiger partial charge on any atom is -0.366 e. The molecule has 1 aromatic heterocycles. The van der Waals surface area contributed by atoms with Crippen LogP contribution in [-0.2, 0) is 0 Å². The molecule has 3 aromatic carbocycles. The van der Waals surface area contributed by atoms with Crippen molar-refractivity contribution in [3.63, 3.8) is 0 Å². The number of carbonyl (C=O) groups excluding carboxylic acids is 1. The van der Waals surface area contributed by atoms with Crippen molar-refractivity contribution in [1.29, 1.82) is 0 Å². The maximum atomic E-state index is 11.7. The first-order chi connectivity index (χ1) is 10.2. The van der Waals surface area contributed by atoms with Gasteiger partial charge in [0.1, 0.15) is 0 Å². The summed E-state index contributed by atoms with van der Waals surface area (Å²) in [7, 11) is 0. The van der Waals surface area contributed by atoms with Gasteiger partial charge >= 0.3 is 0 Å². The first kappa shape index (κ1) is 11.9. The lowest BCUT2D eigenvalue weighted by molar-refractivity contribution is 0.100. The number of aromatic nitrogens is 1. The Morgan fingerprint density at radius 1 is 0.905 bits per heavy atom. The van der Waals surface area contributed by atoms with Gasteiger partial charge in [0.2, 0.25) is 5.91 Å². The van der Waals surface area contributed by atoms with Crippen molar-refractivity contribution in [1.82, 2.24) is 4.98 Å². The molecule has 100 valence electrons. The van der Waals surface area contributed by atoms with E-state index >= 15 is 0 Å². The summed E-state index contributed by atoms with van der Waals surface area (Å²) in [4.78, 5) is 16.1. The Hall–Kier alpha value is -2.94. The molecule has 21 heavy (non-hydrogen) atoms. The van der Waals surface area contributed by atoms with Gasteiger partial charge in [0.05, 0.1) is 11.1 Å². The number of amides is 1. The molecule has 0 radical (unpaired) electrons. The molecule has 0 aliphatic rings. The molecular weight excluding hydrogens is 260 g/mol. The Morgan fingerprint density at radius 2 is 1.67 bits per heavy atom. The quantitative estimate of drug-likeness (QED) is 0.425. The number of hydrogen-bond acceptors (Lipinski definition) is 2. The molecule has 0 bridgehead atoms. The van der Waals surface area contributed by atoms with Gasteiger partial charge in [-0.3, -0.25) is 9.78 Å². The third-order valence-corrected chi connectivity index (χ3v) is 3.85. The highest BCUT2D eigenvalue weighted by Crippen LogP contribution is 2.30. The molecule has 1 heterocycles. The van der Waals surface area contributed by atoms with Crippen molar-refractivity contribution in [2.45, 2.75) is 0 Å². The van der Waals surface area contributed by atoms with Gasteiger partial charge in [-0.25, -0.2) is 0 Å². The molecule has 0 atom stereocenters. The average molecular weight is 272 g/mol. The summed E-state index contributed by atoms with van der Waals surface area (Å²) >= 11 is 0. The van der Waals surface area contributed by atoms with Crippen molar-refractivity contribution >= 4 is 38.4 Å². The highest BCUT2D eigenvalue weighted by molar-refractivity contribution is 6.18. The van der Waals surface area contributed by atoms with Crippen LogP contribution in [0.4, 0.5) is 0 Å². The number of nitrogens with two attached hydrogens (primary N) is 1. The van der Waals surface area contributed by atoms with Crippen LogP contribution in [0.25, 0.3) is 32.4 Å². The molecule has 2 N–H and O–H groups in total. The molecule has 4 rings (SSSR count). The number of fused-ring (bicyclic) bond motifs is 4. The highest BCUT2D eigenvalue weighted by Gasteiger charge is 2.11. The first-order valence-electron chi connectivity index (χ1n) is 6.74. The Labute approximate surface area is 121 Å². The van der Waals surface area contributed by atoms with E-state index in [1.165, 1.54) is 5.39 Å². The first-order valence-corrected chi connectivity index (χ1v) is 6.74. The fourth-order valence-electron chi connectivity index (χ4n) is 2.87. The van der Waals surface area contributed by atoms with E-state index in [4.69, 9.17) is 5.73 Å². The number of rotatable bonds is 1. The lowest BCUT2D eigenvalue weighted by Crippen LogP contribution is -2.11. The molecule has 0 aliphatic heterocycles. The summed E-state index contributed by atoms with van der Waals surface area (Å²) < 4.78 is 0. The summed E-state index contributed by atoms with van der Waals surface area (Å²) in [5, 5.41) is 5.23. The topological polar surface area (TPSA) is 56.0 Å². The van der Waals surface area contributed by atoms with E-state index in [0.717, 1.165) is 27.1 Å². The molecule has 4 aromatic rings. The number of benzene rings is 3. The summed E-state index contributed by atoms with van der Waals surface area (Å²) in [6, 6.07) is 18.0. The zero-order valence-electron chi connectivity index (χ0n) is 11.2. The van der Waals surface area contributed by atoms with Gasteiger partial charge in [0.25, 0.3) is 0 Å². The van der Waals surface area contributed by atoms with Crippen LogP contribution in [0.3, 0.4) is 0 Å². The van der Waals surface area contributed by atoms with E-state index in [9.17, 15) is 4.79 Å². The summed E-state index contributed by atoms with van der Waals surface area (Å²) in [5.41, 5.74) is 6.82. The maximum Gasteiger partial charge on any atom is 0.249 e. The number of carbonyl (C=O) groups is 1. The average Bonchev–Trinajstić information content (AvgIpc) is 2.52. The second-order valence-corrected chi connectivity index (χ2v) is 5.10. The summed E-state index contributed by atoms with van der Waals surface area (Å²) in [5.74, 6) is -0.428. The van der Waals surface area contributed by atoms with Crippen LogP contribution in [0.1, 0.15) is 10.4 Å². The van der Waals surface area contributed by atoms with Crippen LogP contribution in [0.2, 0.25) is 0 Å². The number of nitrogens with zero attached hydrogens (tertiary/aromatic N) is 1. The minimum atomic E-state index is -0.428. The number of pyridine rings is 1. The van der Waals surface area contributed by atoms with Gasteiger partial charge in [-0.1, -0.05) is 30.3 Å².